The number of phenols is 1. The van der Waals surface area contributed by atoms with Gasteiger partial charge in [-0.25, -0.2) is 0 Å². The molecule has 1 fully saturated rings. The van der Waals surface area contributed by atoms with Gasteiger partial charge < -0.3 is 15.2 Å². The van der Waals surface area contributed by atoms with Gasteiger partial charge in [0.2, 0.25) is 0 Å². The van der Waals surface area contributed by atoms with Crippen molar-refractivity contribution in [3.8, 4) is 5.75 Å². The van der Waals surface area contributed by atoms with Gasteiger partial charge in [0.25, 0.3) is 0 Å². The van der Waals surface area contributed by atoms with Crippen molar-refractivity contribution < 1.29 is 9.84 Å². The molecule has 0 radical (unpaired) electrons. The Balaban J connectivity index is 2.33. The van der Waals surface area contributed by atoms with Gasteiger partial charge in [0.1, 0.15) is 5.75 Å². The predicted molar refractivity (Wildman–Crippen MR) is 62.4 cm³/mol. The fraction of sp³-hybridized carbons (Fsp3) is 0.400. The van der Waals surface area contributed by atoms with E-state index in [1.807, 2.05) is 0 Å². The molecule has 5 heteroatoms. The lowest BCUT2D eigenvalue weighted by molar-refractivity contribution is 0.0760. The Hall–Kier alpha value is -0.290. The van der Waals surface area contributed by atoms with E-state index in [4.69, 9.17) is 16.3 Å². The fourth-order valence-corrected chi connectivity index (χ4v) is 2.45. The van der Waals surface area contributed by atoms with Gasteiger partial charge in [-0.05, 0) is 28.1 Å². The van der Waals surface area contributed by atoms with Crippen molar-refractivity contribution in [1.29, 1.82) is 0 Å². The number of aromatic hydroxyl groups is 1. The highest BCUT2D eigenvalue weighted by atomic mass is 79.9. The quantitative estimate of drug-likeness (QED) is 0.835. The largest absolute Gasteiger partial charge is 0.506 e. The van der Waals surface area contributed by atoms with E-state index in [1.165, 1.54) is 0 Å². The van der Waals surface area contributed by atoms with Crippen LogP contribution < -0.4 is 5.32 Å². The van der Waals surface area contributed by atoms with Crippen LogP contribution in [0.2, 0.25) is 5.02 Å². The van der Waals surface area contributed by atoms with Gasteiger partial charge in [0.15, 0.2) is 0 Å². The summed E-state index contributed by atoms with van der Waals surface area (Å²) >= 11 is 9.19. The van der Waals surface area contributed by atoms with Crippen molar-refractivity contribution in [3.05, 3.63) is 27.2 Å². The molecule has 0 spiro atoms. The van der Waals surface area contributed by atoms with Crippen molar-refractivity contribution in [2.75, 3.05) is 19.8 Å². The van der Waals surface area contributed by atoms with Gasteiger partial charge in [-0.1, -0.05) is 11.6 Å². The molecule has 0 amide bonds. The molecular formula is C10H11BrClNO2. The summed E-state index contributed by atoms with van der Waals surface area (Å²) < 4.78 is 5.95. The maximum absolute atomic E-state index is 9.87. The Bertz CT molecular complexity index is 367. The van der Waals surface area contributed by atoms with Crippen LogP contribution in [0.1, 0.15) is 11.6 Å². The molecule has 1 aliphatic heterocycles. The van der Waals surface area contributed by atoms with Crippen LogP contribution in [-0.2, 0) is 4.74 Å². The van der Waals surface area contributed by atoms with Crippen LogP contribution >= 0.6 is 27.5 Å². The lowest BCUT2D eigenvalue weighted by Gasteiger charge is -2.25. The van der Waals surface area contributed by atoms with E-state index >= 15 is 0 Å². The second-order valence-electron chi connectivity index (χ2n) is 3.41. The highest BCUT2D eigenvalue weighted by molar-refractivity contribution is 9.10. The maximum atomic E-state index is 9.87. The van der Waals surface area contributed by atoms with Crippen LogP contribution in [0.15, 0.2) is 16.6 Å². The molecule has 0 bridgehead atoms. The van der Waals surface area contributed by atoms with E-state index in [2.05, 4.69) is 21.2 Å². The minimum Gasteiger partial charge on any atom is -0.506 e. The fourth-order valence-electron chi connectivity index (χ4n) is 1.62. The van der Waals surface area contributed by atoms with Crippen LogP contribution in [0.3, 0.4) is 0 Å². The topological polar surface area (TPSA) is 41.5 Å². The van der Waals surface area contributed by atoms with Crippen molar-refractivity contribution in [2.45, 2.75) is 6.04 Å². The molecule has 3 nitrogen and oxygen atoms in total. The van der Waals surface area contributed by atoms with E-state index in [9.17, 15) is 5.11 Å². The van der Waals surface area contributed by atoms with E-state index in [0.29, 0.717) is 22.7 Å². The maximum Gasteiger partial charge on any atom is 0.134 e. The average molecular weight is 293 g/mol. The van der Waals surface area contributed by atoms with E-state index in [0.717, 1.165) is 12.1 Å². The standard InChI is InChI=1S/C10H11BrClNO2/c11-8-4-6(12)3-7(10(8)14)9-5-15-2-1-13-9/h3-4,9,13-14H,1-2,5H2/t9-/m0/s1. The lowest BCUT2D eigenvalue weighted by Crippen LogP contribution is -2.34. The van der Waals surface area contributed by atoms with E-state index in [-0.39, 0.29) is 11.8 Å². The summed E-state index contributed by atoms with van der Waals surface area (Å²) in [5, 5.41) is 13.7. The first-order valence-corrected chi connectivity index (χ1v) is 5.84. The third kappa shape index (κ3) is 2.45. The van der Waals surface area contributed by atoms with Crippen LogP contribution in [0.5, 0.6) is 5.75 Å². The number of rotatable bonds is 1. The summed E-state index contributed by atoms with van der Waals surface area (Å²) in [6.45, 7) is 2.05. The molecule has 82 valence electrons. The summed E-state index contributed by atoms with van der Waals surface area (Å²) in [5.74, 6) is 0.224. The number of halogens is 2. The summed E-state index contributed by atoms with van der Waals surface area (Å²) in [5.41, 5.74) is 0.772. The Labute approximate surface area is 102 Å². The average Bonchev–Trinajstić information content (AvgIpc) is 2.24. The molecule has 1 aromatic rings. The molecule has 2 rings (SSSR count). The van der Waals surface area contributed by atoms with Crippen molar-refractivity contribution in [3.63, 3.8) is 0 Å². The first-order chi connectivity index (χ1) is 7.18. The number of benzene rings is 1. The molecule has 1 aliphatic rings. The number of ether oxygens (including phenoxy) is 1. The minimum absolute atomic E-state index is 0.00810. The molecule has 0 saturated carbocycles. The second-order valence-corrected chi connectivity index (χ2v) is 4.70. The van der Waals surface area contributed by atoms with Gasteiger partial charge in [-0.3, -0.25) is 0 Å². The zero-order chi connectivity index (χ0) is 10.8. The molecule has 2 N–H and O–H groups in total. The predicted octanol–water partition coefficient (Wildman–Crippen LogP) is 2.47. The number of hydrogen-bond acceptors (Lipinski definition) is 3. The van der Waals surface area contributed by atoms with Crippen LogP contribution in [0.25, 0.3) is 0 Å². The van der Waals surface area contributed by atoms with Gasteiger partial charge in [0.05, 0.1) is 23.7 Å². The first kappa shape index (κ1) is 11.2. The molecule has 1 saturated heterocycles. The SMILES string of the molecule is Oc1c(Br)cc(Cl)cc1[C@@H]1COCCN1. The van der Waals surface area contributed by atoms with Gasteiger partial charge >= 0.3 is 0 Å². The molecule has 0 unspecified atom stereocenters. The third-order valence-corrected chi connectivity index (χ3v) is 3.18. The Kier molecular flexibility index (Phi) is 3.51. The van der Waals surface area contributed by atoms with Gasteiger partial charge in [0, 0.05) is 17.1 Å². The number of hydrogen-bond donors (Lipinski definition) is 2. The molecule has 1 aromatic carbocycles. The number of morpholine rings is 1. The smallest absolute Gasteiger partial charge is 0.134 e. The molecule has 0 aliphatic carbocycles. The first-order valence-electron chi connectivity index (χ1n) is 4.67. The van der Waals surface area contributed by atoms with Crippen molar-refractivity contribution >= 4 is 27.5 Å². The summed E-state index contributed by atoms with van der Waals surface area (Å²) in [6.07, 6.45) is 0. The molecule has 0 aromatic heterocycles. The Morgan fingerprint density at radius 1 is 1.53 bits per heavy atom. The zero-order valence-electron chi connectivity index (χ0n) is 7.96. The highest BCUT2D eigenvalue weighted by Gasteiger charge is 2.20. The Morgan fingerprint density at radius 3 is 3.00 bits per heavy atom. The molecule has 1 heterocycles. The van der Waals surface area contributed by atoms with E-state index < -0.39 is 0 Å². The second kappa shape index (κ2) is 4.70. The molecule has 1 atom stereocenters. The van der Waals surface area contributed by atoms with Crippen LogP contribution in [0, 0.1) is 0 Å². The van der Waals surface area contributed by atoms with Crippen LogP contribution in [-0.4, -0.2) is 24.9 Å². The monoisotopic (exact) mass is 291 g/mol. The summed E-state index contributed by atoms with van der Waals surface area (Å²) in [4.78, 5) is 0. The number of nitrogens with one attached hydrogen (secondary N) is 1. The summed E-state index contributed by atoms with van der Waals surface area (Å²) in [6, 6.07) is 3.44. The third-order valence-electron chi connectivity index (χ3n) is 2.35. The van der Waals surface area contributed by atoms with Gasteiger partial charge in [-0.2, -0.15) is 0 Å². The normalized spacial score (nSPS) is 21.6. The van der Waals surface area contributed by atoms with Crippen LogP contribution in [0.4, 0.5) is 0 Å². The highest BCUT2D eigenvalue weighted by Crippen LogP contribution is 2.35. The Morgan fingerprint density at radius 2 is 2.33 bits per heavy atom. The summed E-state index contributed by atoms with van der Waals surface area (Å²) in [7, 11) is 0. The number of phenolic OH excluding ortho intramolecular Hbond substituents is 1. The van der Waals surface area contributed by atoms with Gasteiger partial charge in [-0.15, -0.1) is 0 Å². The minimum atomic E-state index is 0.00810. The van der Waals surface area contributed by atoms with Crippen molar-refractivity contribution in [2.24, 2.45) is 0 Å². The lowest BCUT2D eigenvalue weighted by atomic mass is 10.1. The van der Waals surface area contributed by atoms with Crippen molar-refractivity contribution in [1.82, 2.24) is 5.32 Å². The molecular weight excluding hydrogens is 281 g/mol. The van der Waals surface area contributed by atoms with E-state index in [1.54, 1.807) is 12.1 Å². The molecule has 15 heavy (non-hydrogen) atoms. The zero-order valence-corrected chi connectivity index (χ0v) is 10.3.